The van der Waals surface area contributed by atoms with Gasteiger partial charge in [0.05, 0.1) is 40.9 Å². The van der Waals surface area contributed by atoms with Crippen molar-refractivity contribution in [1.29, 1.82) is 0 Å². The first kappa shape index (κ1) is 31.6. The number of hydrogen-bond donors (Lipinski definition) is 1. The van der Waals surface area contributed by atoms with Crippen molar-refractivity contribution in [2.75, 3.05) is 18.6 Å². The van der Waals surface area contributed by atoms with E-state index in [1.807, 2.05) is 0 Å². The summed E-state index contributed by atoms with van der Waals surface area (Å²) in [4.78, 5) is 33.6. The van der Waals surface area contributed by atoms with Crippen LogP contribution in [0.5, 0.6) is 11.5 Å². The number of nitrogens with zero attached hydrogens (tertiary/aromatic N) is 4. The molecule has 1 atom stereocenters. The molecule has 13 heteroatoms. The normalized spacial score (nSPS) is 15.0. The number of aliphatic hydroxyl groups is 1. The summed E-state index contributed by atoms with van der Waals surface area (Å²) in [6.07, 6.45) is 0.854. The summed E-state index contributed by atoms with van der Waals surface area (Å²) in [5.74, 6) is -0.568. The minimum absolute atomic E-state index is 0.0898. The van der Waals surface area contributed by atoms with E-state index in [0.717, 1.165) is 17.8 Å². The predicted molar refractivity (Wildman–Crippen MR) is 170 cm³/mol. The van der Waals surface area contributed by atoms with Gasteiger partial charge in [0.1, 0.15) is 5.82 Å². The number of ketones is 1. The van der Waals surface area contributed by atoms with Crippen molar-refractivity contribution in [3.63, 3.8) is 0 Å². The second-order valence-electron chi connectivity index (χ2n) is 10.5. The molecule has 9 nitrogen and oxygen atoms in total. The molecule has 5 rings (SSSR count). The number of ether oxygens (including phenoxy) is 2. The standard InChI is InChI=1S/C31H31FN4O5S3/c1-16(2)12-13-41-22-11-10-19(14-23(22)40-5)25-24(26(37)28-17(3)33-18(4)43-28)27(38)29(39)36(25)30-34-35-31(44-30)42-15-20-8-6-7-9-21(20)32/h6-11,14,16,25,38H,12-13,15H2,1-5H3. The Morgan fingerprint density at radius 3 is 2.59 bits per heavy atom. The van der Waals surface area contributed by atoms with Crippen molar-refractivity contribution < 1.29 is 28.6 Å². The number of hydrogen-bond acceptors (Lipinski definition) is 11. The highest BCUT2D eigenvalue weighted by molar-refractivity contribution is 8.00. The Labute approximate surface area is 266 Å². The number of benzene rings is 2. The summed E-state index contributed by atoms with van der Waals surface area (Å²) in [6, 6.07) is 10.6. The molecular weight excluding hydrogens is 624 g/mol. The van der Waals surface area contributed by atoms with Gasteiger partial charge in [-0.2, -0.15) is 0 Å². The van der Waals surface area contributed by atoms with Crippen LogP contribution in [0.4, 0.5) is 9.52 Å². The molecule has 0 spiro atoms. The van der Waals surface area contributed by atoms with Gasteiger partial charge in [0.2, 0.25) is 10.9 Å². The molecule has 1 amide bonds. The van der Waals surface area contributed by atoms with E-state index in [9.17, 15) is 19.1 Å². The highest BCUT2D eigenvalue weighted by atomic mass is 32.2. The molecule has 1 unspecified atom stereocenters. The highest BCUT2D eigenvalue weighted by Crippen LogP contribution is 2.46. The van der Waals surface area contributed by atoms with Crippen LogP contribution in [0.2, 0.25) is 0 Å². The molecule has 2 aromatic carbocycles. The van der Waals surface area contributed by atoms with Gasteiger partial charge in [-0.05, 0) is 55.5 Å². The Morgan fingerprint density at radius 1 is 1.14 bits per heavy atom. The molecule has 0 saturated heterocycles. The number of aromatic nitrogens is 3. The Balaban J connectivity index is 1.53. The van der Waals surface area contributed by atoms with Crippen LogP contribution in [0, 0.1) is 25.6 Å². The van der Waals surface area contributed by atoms with Gasteiger partial charge in [-0.3, -0.25) is 14.5 Å². The van der Waals surface area contributed by atoms with Crippen LogP contribution in [-0.4, -0.2) is 45.7 Å². The van der Waals surface area contributed by atoms with E-state index >= 15 is 0 Å². The lowest BCUT2D eigenvalue weighted by atomic mass is 9.95. The molecule has 1 aliphatic heterocycles. The number of thioether (sulfide) groups is 1. The number of anilines is 1. The molecule has 0 radical (unpaired) electrons. The lowest BCUT2D eigenvalue weighted by molar-refractivity contribution is -0.117. The number of rotatable bonds is 12. The van der Waals surface area contributed by atoms with Crippen LogP contribution in [0.25, 0.3) is 0 Å². The summed E-state index contributed by atoms with van der Waals surface area (Å²) >= 11 is 3.58. The number of aliphatic hydroxyl groups excluding tert-OH is 1. The van der Waals surface area contributed by atoms with Gasteiger partial charge in [0, 0.05) is 5.75 Å². The summed E-state index contributed by atoms with van der Waals surface area (Å²) in [5, 5.41) is 20.5. The molecular formula is C31H31FN4O5S3. The van der Waals surface area contributed by atoms with Crippen molar-refractivity contribution in [3.05, 3.63) is 86.3 Å². The zero-order chi connectivity index (χ0) is 31.5. The third kappa shape index (κ3) is 6.49. The summed E-state index contributed by atoms with van der Waals surface area (Å²) in [6.45, 7) is 8.21. The predicted octanol–water partition coefficient (Wildman–Crippen LogP) is 7.26. The first-order valence-electron chi connectivity index (χ1n) is 13.8. The Hall–Kier alpha value is -3.81. The second kappa shape index (κ2) is 13.4. The average Bonchev–Trinajstić information content (AvgIpc) is 3.67. The van der Waals surface area contributed by atoms with Crippen molar-refractivity contribution in [1.82, 2.24) is 15.2 Å². The molecule has 2 aromatic heterocycles. The van der Waals surface area contributed by atoms with Crippen LogP contribution >= 0.6 is 34.4 Å². The van der Waals surface area contributed by atoms with Gasteiger partial charge >= 0.3 is 0 Å². The lowest BCUT2D eigenvalue weighted by Crippen LogP contribution is -2.31. The van der Waals surface area contributed by atoms with Gasteiger partial charge in [-0.15, -0.1) is 21.5 Å². The van der Waals surface area contributed by atoms with E-state index in [1.54, 1.807) is 50.2 Å². The minimum atomic E-state index is -1.03. The van der Waals surface area contributed by atoms with E-state index in [2.05, 4.69) is 29.0 Å². The summed E-state index contributed by atoms with van der Waals surface area (Å²) in [7, 11) is 1.51. The van der Waals surface area contributed by atoms with Crippen LogP contribution < -0.4 is 14.4 Å². The SMILES string of the molecule is COc1cc(C2C(C(=O)c3sc(C)nc3C)=C(O)C(=O)N2c2nnc(SCc3ccccc3F)s2)ccc1OCCC(C)C. The molecule has 1 N–H and O–H groups in total. The van der Waals surface area contributed by atoms with Gasteiger partial charge < -0.3 is 14.6 Å². The molecule has 0 bridgehead atoms. The van der Waals surface area contributed by atoms with Crippen LogP contribution in [0.3, 0.4) is 0 Å². The topological polar surface area (TPSA) is 115 Å². The molecule has 44 heavy (non-hydrogen) atoms. The largest absolute Gasteiger partial charge is 0.503 e. The van der Waals surface area contributed by atoms with Crippen LogP contribution in [0.15, 0.2) is 58.1 Å². The molecule has 0 saturated carbocycles. The zero-order valence-electron chi connectivity index (χ0n) is 24.8. The van der Waals surface area contributed by atoms with Crippen LogP contribution in [0.1, 0.15) is 57.8 Å². The Bertz CT molecular complexity index is 1730. The quantitative estimate of drug-likeness (QED) is 0.0958. The second-order valence-corrected chi connectivity index (χ2v) is 13.9. The summed E-state index contributed by atoms with van der Waals surface area (Å²) in [5.41, 5.74) is 1.44. The van der Waals surface area contributed by atoms with Crippen molar-refractivity contribution in [2.24, 2.45) is 5.92 Å². The fourth-order valence-electron chi connectivity index (χ4n) is 4.71. The van der Waals surface area contributed by atoms with E-state index in [4.69, 9.17) is 9.47 Å². The molecule has 4 aromatic rings. The van der Waals surface area contributed by atoms with E-state index in [0.29, 0.717) is 60.8 Å². The minimum Gasteiger partial charge on any atom is -0.503 e. The molecule has 1 aliphatic rings. The highest BCUT2D eigenvalue weighted by Gasteiger charge is 2.47. The fraction of sp³-hybridized carbons (Fsp3) is 0.323. The number of halogens is 1. The summed E-state index contributed by atoms with van der Waals surface area (Å²) < 4.78 is 26.3. The fourth-order valence-corrected chi connectivity index (χ4v) is 7.43. The van der Waals surface area contributed by atoms with Gasteiger partial charge in [0.25, 0.3) is 5.91 Å². The lowest BCUT2D eigenvalue weighted by Gasteiger charge is -2.25. The number of thiazole rings is 1. The smallest absolute Gasteiger partial charge is 0.296 e. The number of carbonyl (C=O) groups excluding carboxylic acids is 2. The van der Waals surface area contributed by atoms with Crippen LogP contribution in [-0.2, 0) is 10.5 Å². The number of amides is 1. The third-order valence-corrected chi connectivity index (χ3v) is 10.1. The van der Waals surface area contributed by atoms with E-state index < -0.39 is 23.5 Å². The van der Waals surface area contributed by atoms with Crippen molar-refractivity contribution in [3.8, 4) is 11.5 Å². The number of aryl methyl sites for hydroxylation is 2. The zero-order valence-corrected chi connectivity index (χ0v) is 27.2. The molecule has 3 heterocycles. The number of Topliss-reactive ketones (excluding diaryl/α,β-unsaturated/α-hetero) is 1. The van der Waals surface area contributed by atoms with Gasteiger partial charge in [0.15, 0.2) is 21.6 Å². The molecule has 230 valence electrons. The van der Waals surface area contributed by atoms with Crippen molar-refractivity contribution in [2.45, 2.75) is 50.3 Å². The number of carbonyl (C=O) groups is 2. The number of methoxy groups -OCH3 is 1. The Morgan fingerprint density at radius 2 is 1.91 bits per heavy atom. The molecule has 0 fully saturated rings. The average molecular weight is 655 g/mol. The van der Waals surface area contributed by atoms with E-state index in [-0.39, 0.29) is 16.5 Å². The first-order valence-corrected chi connectivity index (χ1v) is 16.5. The van der Waals surface area contributed by atoms with E-state index in [1.165, 1.54) is 41.2 Å². The first-order chi connectivity index (χ1) is 21.1. The van der Waals surface area contributed by atoms with Gasteiger partial charge in [-0.25, -0.2) is 9.37 Å². The van der Waals surface area contributed by atoms with Gasteiger partial charge in [-0.1, -0.05) is 61.2 Å². The van der Waals surface area contributed by atoms with Crippen molar-refractivity contribution >= 4 is 51.3 Å². The maximum Gasteiger partial charge on any atom is 0.296 e. The molecule has 0 aliphatic carbocycles. The third-order valence-electron chi connectivity index (χ3n) is 6.93. The Kier molecular flexibility index (Phi) is 9.66. The maximum atomic E-state index is 14.2. The monoisotopic (exact) mass is 654 g/mol. The maximum absolute atomic E-state index is 14.2.